The summed E-state index contributed by atoms with van der Waals surface area (Å²) in [5, 5.41) is 2.70. The lowest BCUT2D eigenvalue weighted by Crippen LogP contribution is -2.15. The van der Waals surface area contributed by atoms with E-state index >= 15 is 0 Å². The maximum Gasteiger partial charge on any atom is 0.225 e. The monoisotopic (exact) mass is 270 g/mol. The number of benzene rings is 1. The average Bonchev–Trinajstić information content (AvgIpc) is 2.21. The smallest absolute Gasteiger partial charge is 0.225 e. The number of carbonyl (C=O) groups excluding carboxylic acids is 1. The Morgan fingerprint density at radius 1 is 1.44 bits per heavy atom. The van der Waals surface area contributed by atoms with Crippen LogP contribution in [0.3, 0.4) is 0 Å². The van der Waals surface area contributed by atoms with Gasteiger partial charge in [-0.25, -0.2) is 4.39 Å². The van der Waals surface area contributed by atoms with Gasteiger partial charge < -0.3 is 11.1 Å². The van der Waals surface area contributed by atoms with E-state index < -0.39 is 5.82 Å². The van der Waals surface area contributed by atoms with Crippen molar-refractivity contribution in [3.05, 3.63) is 24.0 Å². The second-order valence-corrected chi connectivity index (χ2v) is 6.92. The molecule has 0 radical (unpaired) electrons. The fraction of sp³-hybridized carbons (Fsp3) is 0.462. The first kappa shape index (κ1) is 14.8. The Kier molecular flexibility index (Phi) is 5.02. The van der Waals surface area contributed by atoms with Gasteiger partial charge in [0.1, 0.15) is 5.82 Å². The highest BCUT2D eigenvalue weighted by Crippen LogP contribution is 2.24. The van der Waals surface area contributed by atoms with Gasteiger partial charge in [0.05, 0.1) is 5.69 Å². The topological polar surface area (TPSA) is 55.1 Å². The summed E-state index contributed by atoms with van der Waals surface area (Å²) in [6.07, 6.45) is 0.430. The number of carbonyl (C=O) groups is 1. The molecule has 1 aromatic rings. The fourth-order valence-corrected chi connectivity index (χ4v) is 2.19. The molecule has 0 aromatic heterocycles. The molecule has 0 atom stereocenters. The zero-order valence-electron chi connectivity index (χ0n) is 10.9. The number of halogens is 1. The lowest BCUT2D eigenvalue weighted by molar-refractivity contribution is -0.115. The summed E-state index contributed by atoms with van der Waals surface area (Å²) < 4.78 is 13.1. The molecule has 1 aromatic carbocycles. The van der Waals surface area contributed by atoms with Crippen LogP contribution in [0.2, 0.25) is 0 Å². The molecule has 100 valence electrons. The van der Waals surface area contributed by atoms with E-state index in [9.17, 15) is 9.18 Å². The molecule has 0 aliphatic heterocycles. The van der Waals surface area contributed by atoms with Crippen LogP contribution >= 0.6 is 11.8 Å². The van der Waals surface area contributed by atoms with Crippen molar-refractivity contribution in [2.75, 3.05) is 16.8 Å². The number of nitrogens with one attached hydrogen (secondary N) is 1. The summed E-state index contributed by atoms with van der Waals surface area (Å²) in [6, 6.07) is 4.17. The number of anilines is 2. The first-order valence-electron chi connectivity index (χ1n) is 5.77. The molecule has 5 heteroatoms. The van der Waals surface area contributed by atoms with Gasteiger partial charge in [0.2, 0.25) is 5.91 Å². The van der Waals surface area contributed by atoms with E-state index in [0.29, 0.717) is 12.1 Å². The number of rotatable bonds is 4. The van der Waals surface area contributed by atoms with Gasteiger partial charge in [0.15, 0.2) is 0 Å². The van der Waals surface area contributed by atoms with Crippen molar-refractivity contribution in [1.29, 1.82) is 0 Å². The van der Waals surface area contributed by atoms with Crippen LogP contribution in [0.15, 0.2) is 18.2 Å². The number of nitrogen functional groups attached to an aromatic ring is 1. The van der Waals surface area contributed by atoms with Crippen molar-refractivity contribution in [2.45, 2.75) is 31.9 Å². The predicted octanol–water partition coefficient (Wildman–Crippen LogP) is 3.27. The second-order valence-electron chi connectivity index (χ2n) is 5.00. The lowest BCUT2D eigenvalue weighted by Gasteiger charge is -2.17. The van der Waals surface area contributed by atoms with Crippen molar-refractivity contribution in [3.63, 3.8) is 0 Å². The van der Waals surface area contributed by atoms with Crippen LogP contribution < -0.4 is 11.1 Å². The van der Waals surface area contributed by atoms with Crippen molar-refractivity contribution in [3.8, 4) is 0 Å². The van der Waals surface area contributed by atoms with E-state index in [-0.39, 0.29) is 16.3 Å². The van der Waals surface area contributed by atoms with Crippen LogP contribution in [0.5, 0.6) is 0 Å². The Morgan fingerprint density at radius 3 is 2.67 bits per heavy atom. The highest BCUT2D eigenvalue weighted by molar-refractivity contribution is 8.00. The van der Waals surface area contributed by atoms with Gasteiger partial charge in [0.25, 0.3) is 0 Å². The molecule has 0 aliphatic rings. The van der Waals surface area contributed by atoms with Crippen molar-refractivity contribution in [1.82, 2.24) is 0 Å². The van der Waals surface area contributed by atoms with E-state index in [0.717, 1.165) is 5.75 Å². The molecule has 3 N–H and O–H groups in total. The number of hydrogen-bond acceptors (Lipinski definition) is 3. The van der Waals surface area contributed by atoms with Gasteiger partial charge in [-0.3, -0.25) is 4.79 Å². The summed E-state index contributed by atoms with van der Waals surface area (Å²) in [7, 11) is 0. The summed E-state index contributed by atoms with van der Waals surface area (Å²) in [5.41, 5.74) is 5.99. The van der Waals surface area contributed by atoms with Crippen molar-refractivity contribution >= 4 is 29.0 Å². The van der Waals surface area contributed by atoms with E-state index in [1.54, 1.807) is 11.8 Å². The zero-order chi connectivity index (χ0) is 13.8. The molecule has 0 fully saturated rings. The van der Waals surface area contributed by atoms with Crippen molar-refractivity contribution in [2.24, 2.45) is 0 Å². The molecule has 0 bridgehead atoms. The van der Waals surface area contributed by atoms with Gasteiger partial charge in [0, 0.05) is 22.6 Å². The molecule has 18 heavy (non-hydrogen) atoms. The molecule has 0 saturated carbocycles. The van der Waals surface area contributed by atoms with Crippen LogP contribution in [-0.2, 0) is 4.79 Å². The third-order valence-corrected chi connectivity index (χ3v) is 3.42. The Balaban J connectivity index is 2.42. The van der Waals surface area contributed by atoms with Gasteiger partial charge in [-0.15, -0.1) is 0 Å². The Labute approximate surface area is 111 Å². The maximum absolute atomic E-state index is 12.9. The maximum atomic E-state index is 12.9. The zero-order valence-corrected chi connectivity index (χ0v) is 11.7. The number of amides is 1. The molecule has 0 heterocycles. The Bertz CT molecular complexity index is 429. The quantitative estimate of drug-likeness (QED) is 0.826. The largest absolute Gasteiger partial charge is 0.396 e. The molecule has 3 nitrogen and oxygen atoms in total. The molecule has 0 saturated heterocycles. The van der Waals surface area contributed by atoms with E-state index in [1.807, 2.05) is 0 Å². The summed E-state index contributed by atoms with van der Waals surface area (Å²) in [6.45, 7) is 6.32. The van der Waals surface area contributed by atoms with E-state index in [1.165, 1.54) is 18.2 Å². The summed E-state index contributed by atoms with van der Waals surface area (Å²) >= 11 is 1.73. The molecule has 0 aliphatic carbocycles. The minimum atomic E-state index is -0.476. The summed E-state index contributed by atoms with van der Waals surface area (Å²) in [5.74, 6) is 0.195. The minimum Gasteiger partial charge on any atom is -0.396 e. The third-order valence-electron chi connectivity index (χ3n) is 2.14. The molecule has 1 amide bonds. The SMILES string of the molecule is CC(C)(C)SCCC(=O)Nc1ccc(F)c(N)c1. The van der Waals surface area contributed by atoms with E-state index in [2.05, 4.69) is 26.1 Å². The van der Waals surface area contributed by atoms with Crippen molar-refractivity contribution < 1.29 is 9.18 Å². The first-order chi connectivity index (χ1) is 8.28. The van der Waals surface area contributed by atoms with Gasteiger partial charge in [-0.2, -0.15) is 11.8 Å². The van der Waals surface area contributed by atoms with Crippen LogP contribution in [0.4, 0.5) is 15.8 Å². The van der Waals surface area contributed by atoms with Gasteiger partial charge in [-0.1, -0.05) is 20.8 Å². The summed E-state index contributed by atoms with van der Waals surface area (Å²) in [4.78, 5) is 11.6. The second kappa shape index (κ2) is 6.09. The third kappa shape index (κ3) is 5.40. The fourth-order valence-electron chi connectivity index (χ4n) is 1.29. The number of hydrogen-bond donors (Lipinski definition) is 2. The Hall–Kier alpha value is -1.23. The number of nitrogens with two attached hydrogens (primary N) is 1. The van der Waals surface area contributed by atoms with Crippen LogP contribution in [0, 0.1) is 5.82 Å². The highest BCUT2D eigenvalue weighted by atomic mass is 32.2. The first-order valence-corrected chi connectivity index (χ1v) is 6.75. The van der Waals surface area contributed by atoms with Crippen LogP contribution in [0.25, 0.3) is 0 Å². The molecule has 1 rings (SSSR count). The van der Waals surface area contributed by atoms with Gasteiger partial charge in [-0.05, 0) is 18.2 Å². The normalized spacial score (nSPS) is 11.3. The van der Waals surface area contributed by atoms with Gasteiger partial charge >= 0.3 is 0 Å². The van der Waals surface area contributed by atoms with Crippen LogP contribution in [0.1, 0.15) is 27.2 Å². The molecule has 0 spiro atoms. The highest BCUT2D eigenvalue weighted by Gasteiger charge is 2.11. The predicted molar refractivity (Wildman–Crippen MR) is 76.3 cm³/mol. The minimum absolute atomic E-state index is 0.0388. The standard InChI is InChI=1S/C13H19FN2OS/c1-13(2,3)18-7-6-12(17)16-9-4-5-10(14)11(15)8-9/h4-5,8H,6-7,15H2,1-3H3,(H,16,17). The molecular weight excluding hydrogens is 251 g/mol. The molecular formula is C13H19FN2OS. The molecule has 0 unspecified atom stereocenters. The number of thioether (sulfide) groups is 1. The lowest BCUT2D eigenvalue weighted by atomic mass is 10.2. The average molecular weight is 270 g/mol. The Morgan fingerprint density at radius 2 is 2.11 bits per heavy atom. The van der Waals surface area contributed by atoms with Crippen LogP contribution in [-0.4, -0.2) is 16.4 Å². The van der Waals surface area contributed by atoms with E-state index in [4.69, 9.17) is 5.73 Å².